The maximum Gasteiger partial charge on any atom is 0.252 e. The van der Waals surface area contributed by atoms with Crippen LogP contribution in [0.2, 0.25) is 0 Å². The molecule has 2 amide bonds. The molecule has 3 heterocycles. The molecule has 0 spiro atoms. The fourth-order valence-corrected chi connectivity index (χ4v) is 4.14. The Labute approximate surface area is 181 Å². The first-order valence-electron chi connectivity index (χ1n) is 10.5. The van der Waals surface area contributed by atoms with Crippen LogP contribution in [0.1, 0.15) is 40.2 Å². The highest BCUT2D eigenvalue weighted by atomic mass is 16.9. The van der Waals surface area contributed by atoms with Crippen LogP contribution in [0.4, 0.5) is 5.69 Å². The van der Waals surface area contributed by atoms with Crippen LogP contribution in [0.5, 0.6) is 0 Å². The Bertz CT molecular complexity index is 871. The third-order valence-corrected chi connectivity index (χ3v) is 5.57. The summed E-state index contributed by atoms with van der Waals surface area (Å²) in [5.74, 6) is -2.59. The quantitative estimate of drug-likeness (QED) is 0.745. The van der Waals surface area contributed by atoms with Crippen molar-refractivity contribution in [3.63, 3.8) is 0 Å². The Hall–Kier alpha value is -2.04. The van der Waals surface area contributed by atoms with Gasteiger partial charge in [0.15, 0.2) is 24.0 Å². The van der Waals surface area contributed by atoms with Crippen molar-refractivity contribution in [1.82, 2.24) is 5.32 Å². The van der Waals surface area contributed by atoms with Crippen LogP contribution >= 0.6 is 0 Å². The first kappa shape index (κ1) is 22.2. The molecule has 0 aliphatic carbocycles. The zero-order valence-electron chi connectivity index (χ0n) is 18.6. The topological polar surface area (TPSA) is 104 Å². The van der Waals surface area contributed by atoms with Crippen molar-refractivity contribution in [2.45, 2.75) is 89.9 Å². The van der Waals surface area contributed by atoms with Gasteiger partial charge < -0.3 is 34.3 Å². The number of nitrogens with one attached hydrogen (secondary N) is 2. The second-order valence-corrected chi connectivity index (χ2v) is 9.12. The SMILES string of the molecule is Cc1ccccc1NC(=O)[C@@H](C)NC(=O)[C@@H]1O[C@@H]2OC(C)(C)O[C@H]2[C@H]2OC(C)(C)O[C@@H]21. The van der Waals surface area contributed by atoms with E-state index >= 15 is 0 Å². The van der Waals surface area contributed by atoms with Crippen molar-refractivity contribution in [3.8, 4) is 0 Å². The Morgan fingerprint density at radius 3 is 2.26 bits per heavy atom. The lowest BCUT2D eigenvalue weighted by Gasteiger charge is -2.36. The van der Waals surface area contributed by atoms with Crippen molar-refractivity contribution in [2.75, 3.05) is 5.32 Å². The lowest BCUT2D eigenvalue weighted by Crippen LogP contribution is -2.60. The van der Waals surface area contributed by atoms with Crippen LogP contribution < -0.4 is 10.6 Å². The number of hydrogen-bond acceptors (Lipinski definition) is 7. The molecule has 9 nitrogen and oxygen atoms in total. The Morgan fingerprint density at radius 1 is 0.935 bits per heavy atom. The number of benzene rings is 1. The highest BCUT2D eigenvalue weighted by Gasteiger charge is 2.62. The molecular weight excluding hydrogens is 404 g/mol. The lowest BCUT2D eigenvalue weighted by molar-refractivity contribution is -0.231. The maximum atomic E-state index is 13.1. The summed E-state index contributed by atoms with van der Waals surface area (Å²) >= 11 is 0. The molecule has 9 heteroatoms. The second kappa shape index (κ2) is 7.83. The number of anilines is 1. The molecule has 3 fully saturated rings. The smallest absolute Gasteiger partial charge is 0.252 e. The first-order chi connectivity index (χ1) is 14.5. The molecule has 2 N–H and O–H groups in total. The van der Waals surface area contributed by atoms with Crippen LogP contribution in [-0.4, -0.2) is 60.1 Å². The molecule has 0 aromatic heterocycles. The summed E-state index contributed by atoms with van der Waals surface area (Å²) < 4.78 is 29.7. The number of amides is 2. The molecule has 170 valence electrons. The Balaban J connectivity index is 1.46. The van der Waals surface area contributed by atoms with E-state index in [-0.39, 0.29) is 5.91 Å². The largest absolute Gasteiger partial charge is 0.342 e. The zero-order valence-corrected chi connectivity index (χ0v) is 18.6. The number of ether oxygens (including phenoxy) is 5. The van der Waals surface area contributed by atoms with Crippen LogP contribution in [0.25, 0.3) is 0 Å². The van der Waals surface area contributed by atoms with E-state index in [1.165, 1.54) is 0 Å². The molecule has 3 aliphatic heterocycles. The maximum absolute atomic E-state index is 13.1. The predicted molar refractivity (Wildman–Crippen MR) is 110 cm³/mol. The number of para-hydroxylation sites is 1. The third-order valence-electron chi connectivity index (χ3n) is 5.57. The molecule has 0 unspecified atom stereocenters. The average molecular weight is 434 g/mol. The van der Waals surface area contributed by atoms with E-state index < -0.39 is 54.2 Å². The number of hydrogen-bond donors (Lipinski definition) is 2. The van der Waals surface area contributed by atoms with Gasteiger partial charge in [0.2, 0.25) is 5.91 Å². The van der Waals surface area contributed by atoms with Crippen molar-refractivity contribution in [3.05, 3.63) is 29.8 Å². The molecule has 6 atom stereocenters. The minimum absolute atomic E-state index is 0.335. The van der Waals surface area contributed by atoms with E-state index in [4.69, 9.17) is 23.7 Å². The van der Waals surface area contributed by atoms with Gasteiger partial charge in [-0.25, -0.2) is 0 Å². The van der Waals surface area contributed by atoms with E-state index in [9.17, 15) is 9.59 Å². The third kappa shape index (κ3) is 4.47. The van der Waals surface area contributed by atoms with Crippen molar-refractivity contribution < 1.29 is 33.3 Å². The highest BCUT2D eigenvalue weighted by molar-refractivity contribution is 5.98. The minimum atomic E-state index is -1.01. The summed E-state index contributed by atoms with van der Waals surface area (Å²) in [4.78, 5) is 25.7. The molecule has 1 aromatic rings. The van der Waals surface area contributed by atoms with Gasteiger partial charge in [0.1, 0.15) is 24.4 Å². The summed E-state index contributed by atoms with van der Waals surface area (Å²) in [6.07, 6.45) is -3.55. The van der Waals surface area contributed by atoms with Gasteiger partial charge in [-0.05, 0) is 53.2 Å². The second-order valence-electron chi connectivity index (χ2n) is 9.12. The minimum Gasteiger partial charge on any atom is -0.342 e. The van der Waals surface area contributed by atoms with Gasteiger partial charge in [0.25, 0.3) is 5.91 Å². The van der Waals surface area contributed by atoms with Gasteiger partial charge in [0, 0.05) is 5.69 Å². The van der Waals surface area contributed by atoms with Crippen molar-refractivity contribution >= 4 is 17.5 Å². The van der Waals surface area contributed by atoms with E-state index in [2.05, 4.69) is 10.6 Å². The molecule has 31 heavy (non-hydrogen) atoms. The highest BCUT2D eigenvalue weighted by Crippen LogP contribution is 2.44. The van der Waals surface area contributed by atoms with Crippen LogP contribution in [0.3, 0.4) is 0 Å². The van der Waals surface area contributed by atoms with E-state index in [0.717, 1.165) is 5.56 Å². The average Bonchev–Trinajstić information content (AvgIpc) is 3.16. The van der Waals surface area contributed by atoms with Gasteiger partial charge >= 0.3 is 0 Å². The van der Waals surface area contributed by atoms with Gasteiger partial charge in [-0.15, -0.1) is 0 Å². The molecule has 0 saturated carbocycles. The lowest BCUT2D eigenvalue weighted by atomic mass is 9.98. The van der Waals surface area contributed by atoms with E-state index in [1.54, 1.807) is 34.6 Å². The standard InChI is InChI=1S/C22H30N2O7/c1-11-9-7-8-10-13(11)24-18(25)12(2)23-19(26)16-14-15(29-21(3,4)28-14)17-20(27-16)31-22(5,6)30-17/h7-10,12,14-17,20H,1-6H3,(H,23,26)(H,24,25)/t12-,14+,15+,16-,17+,20-/m1/s1. The number of fused-ring (bicyclic) bond motifs is 3. The van der Waals surface area contributed by atoms with Gasteiger partial charge in [-0.3, -0.25) is 9.59 Å². The van der Waals surface area contributed by atoms with Crippen molar-refractivity contribution in [2.24, 2.45) is 0 Å². The fourth-order valence-electron chi connectivity index (χ4n) is 4.14. The molecule has 0 radical (unpaired) electrons. The van der Waals surface area contributed by atoms with Crippen LogP contribution in [0, 0.1) is 6.92 Å². The van der Waals surface area contributed by atoms with E-state index in [0.29, 0.717) is 5.69 Å². The van der Waals surface area contributed by atoms with Gasteiger partial charge in [-0.2, -0.15) is 0 Å². The summed E-state index contributed by atoms with van der Waals surface area (Å²) in [6, 6.07) is 6.64. The molecule has 3 saturated heterocycles. The van der Waals surface area contributed by atoms with Crippen molar-refractivity contribution in [1.29, 1.82) is 0 Å². The summed E-state index contributed by atoms with van der Waals surface area (Å²) in [7, 11) is 0. The number of carbonyl (C=O) groups excluding carboxylic acids is 2. The summed E-state index contributed by atoms with van der Waals surface area (Å²) in [5.41, 5.74) is 1.62. The number of carbonyl (C=O) groups is 2. The molecular formula is C22H30N2O7. The summed E-state index contributed by atoms with van der Waals surface area (Å²) in [6.45, 7) is 10.6. The molecule has 3 aliphatic rings. The van der Waals surface area contributed by atoms with Gasteiger partial charge in [-0.1, -0.05) is 18.2 Å². The molecule has 0 bridgehead atoms. The van der Waals surface area contributed by atoms with Crippen LogP contribution in [0.15, 0.2) is 24.3 Å². The Kier molecular flexibility index (Phi) is 5.60. The molecule has 1 aromatic carbocycles. The Morgan fingerprint density at radius 2 is 1.55 bits per heavy atom. The summed E-state index contributed by atoms with van der Waals surface area (Å²) in [5, 5.41) is 5.55. The predicted octanol–water partition coefficient (Wildman–Crippen LogP) is 1.83. The normalized spacial score (nSPS) is 33.8. The monoisotopic (exact) mass is 434 g/mol. The van der Waals surface area contributed by atoms with Crippen LogP contribution in [-0.2, 0) is 33.3 Å². The fraction of sp³-hybridized carbons (Fsp3) is 0.636. The number of rotatable bonds is 4. The van der Waals surface area contributed by atoms with E-state index in [1.807, 2.05) is 31.2 Å². The first-order valence-corrected chi connectivity index (χ1v) is 10.5. The van der Waals surface area contributed by atoms with Gasteiger partial charge in [0.05, 0.1) is 0 Å². The zero-order chi connectivity index (χ0) is 22.6. The molecule has 4 rings (SSSR count). The number of aryl methyl sites for hydroxylation is 1.